The number of hydrogen-bond acceptors (Lipinski definition) is 8. The number of Topliss-reactive ketones (excluding diaryl/α,β-unsaturated/α-hetero) is 1. The minimum Gasteiger partial charge on any atom is -0.505 e. The maximum atomic E-state index is 14.6. The molecular weight excluding hydrogens is 703 g/mol. The predicted molar refractivity (Wildman–Crippen MR) is 195 cm³/mol. The quantitative estimate of drug-likeness (QED) is 0.0254. The van der Waals surface area contributed by atoms with Crippen LogP contribution in [-0.4, -0.2) is 101 Å². The number of carbonyl (C=O) groups is 1. The number of phenols is 1. The molecule has 0 saturated carbocycles. The molecule has 1 unspecified atom stereocenters. The number of fused-ring (bicyclic) bond motifs is 2. The van der Waals surface area contributed by atoms with Crippen molar-refractivity contribution in [2.75, 3.05) is 68.0 Å². The number of unbranched alkanes of at least 4 members (excludes halogenated alkanes) is 2. The summed E-state index contributed by atoms with van der Waals surface area (Å²) in [5.74, 6) is -3.49. The van der Waals surface area contributed by atoms with Gasteiger partial charge in [0.25, 0.3) is 10.1 Å². The Morgan fingerprint density at radius 3 is 2.14 bits per heavy atom. The van der Waals surface area contributed by atoms with Gasteiger partial charge in [-0.15, -0.1) is 0 Å². The molecule has 1 heterocycles. The Kier molecular flexibility index (Phi) is 13.5. The van der Waals surface area contributed by atoms with Crippen LogP contribution in [0.4, 0.5) is 8.78 Å². The van der Waals surface area contributed by atoms with Gasteiger partial charge in [-0.1, -0.05) is 12.1 Å². The van der Waals surface area contributed by atoms with Gasteiger partial charge in [-0.2, -0.15) is 8.42 Å². The van der Waals surface area contributed by atoms with Gasteiger partial charge in [0, 0.05) is 79.1 Å². The van der Waals surface area contributed by atoms with Crippen molar-refractivity contribution < 1.29 is 49.6 Å². The lowest BCUT2D eigenvalue weighted by Crippen LogP contribution is -2.44. The fraction of sp³-hybridized carbons (Fsp3) is 0.444. The first-order chi connectivity index (χ1) is 23.9. The molecule has 0 saturated heterocycles. The molecule has 0 amide bonds. The Labute approximate surface area is 299 Å². The van der Waals surface area contributed by atoms with Crippen LogP contribution in [0.25, 0.3) is 33.4 Å². The molecule has 1 aliphatic carbocycles. The van der Waals surface area contributed by atoms with E-state index in [1.165, 1.54) is 12.1 Å². The third kappa shape index (κ3) is 10.8. The Hall–Kier alpha value is -3.36. The second-order valence-electron chi connectivity index (χ2n) is 14.2. The first-order valence-electron chi connectivity index (χ1n) is 16.8. The fourth-order valence-corrected chi connectivity index (χ4v) is 7.45. The maximum Gasteiger partial charge on any atom is 0.295 e. The van der Waals surface area contributed by atoms with E-state index in [9.17, 15) is 36.4 Å². The number of carbonyl (C=O) groups excluding carboxylic acids is 1. The highest BCUT2D eigenvalue weighted by atomic mass is 32.2. The Morgan fingerprint density at radius 2 is 1.51 bits per heavy atom. The van der Waals surface area contributed by atoms with Crippen LogP contribution in [-0.2, 0) is 14.6 Å². The van der Waals surface area contributed by atoms with E-state index in [2.05, 4.69) is 33.3 Å². The van der Waals surface area contributed by atoms with Gasteiger partial charge in [-0.3, -0.25) is 19.2 Å². The first-order valence-corrected chi connectivity index (χ1v) is 19.2. The average Bonchev–Trinajstić information content (AvgIpc) is 3.05. The standard InChI is InChI=1S/C36H46F2N3O8PS/c1-40(2,16-8-9-17-41(3,4)18-10-14-39-50-48-5)15-7-6-11-30(42)24-12-13-25(35(19-24)51(45,46)47)36-26-20-28(37)31(43)22-33(26)49-34-23-32(44)29(38)21-27(34)36/h12-13,19-23,39,50H,6-11,14-18H2,1-5H3/p+2. The average molecular weight is 752 g/mol. The number of benzene rings is 3. The summed E-state index contributed by atoms with van der Waals surface area (Å²) in [5.41, 5.74) is -1.42. The highest BCUT2D eigenvalue weighted by Gasteiger charge is 2.27. The number of aromatic hydroxyl groups is 1. The van der Waals surface area contributed by atoms with E-state index >= 15 is 0 Å². The lowest BCUT2D eigenvalue weighted by molar-refractivity contribution is -0.897. The van der Waals surface area contributed by atoms with Gasteiger partial charge < -0.3 is 23.0 Å². The van der Waals surface area contributed by atoms with Crippen molar-refractivity contribution in [3.05, 3.63) is 69.9 Å². The second kappa shape index (κ2) is 17.0. The molecular formula is C36H48F2N3O8PS+2. The van der Waals surface area contributed by atoms with Crippen molar-refractivity contribution in [1.29, 1.82) is 0 Å². The van der Waals surface area contributed by atoms with E-state index in [-0.39, 0.29) is 51.2 Å². The number of nitrogens with one attached hydrogen (secondary N) is 1. The summed E-state index contributed by atoms with van der Waals surface area (Å²) in [6.45, 7) is 4.99. The summed E-state index contributed by atoms with van der Waals surface area (Å²) < 4.78 is 77.2. The first kappa shape index (κ1) is 40.4. The van der Waals surface area contributed by atoms with Crippen molar-refractivity contribution in [2.45, 2.75) is 43.4 Å². The minimum atomic E-state index is -4.98. The van der Waals surface area contributed by atoms with Crippen molar-refractivity contribution in [3.8, 4) is 28.2 Å². The van der Waals surface area contributed by atoms with Crippen molar-refractivity contribution in [3.63, 3.8) is 0 Å². The van der Waals surface area contributed by atoms with Gasteiger partial charge in [0.15, 0.2) is 23.2 Å². The third-order valence-electron chi connectivity index (χ3n) is 9.13. The summed E-state index contributed by atoms with van der Waals surface area (Å²) in [6, 6.07) is 7.21. The lowest BCUT2D eigenvalue weighted by atomic mass is 9.92. The number of halogens is 2. The van der Waals surface area contributed by atoms with E-state index in [0.29, 0.717) is 15.4 Å². The molecule has 2 aliphatic rings. The van der Waals surface area contributed by atoms with Crippen molar-refractivity contribution in [1.82, 2.24) is 5.09 Å². The number of hydrogen-bond donors (Lipinski definition) is 3. The molecule has 15 heteroatoms. The highest BCUT2D eigenvalue weighted by molar-refractivity contribution is 7.86. The van der Waals surface area contributed by atoms with Crippen LogP contribution in [0.3, 0.4) is 0 Å². The topological polar surface area (TPSA) is 143 Å². The zero-order valence-corrected chi connectivity index (χ0v) is 31.5. The molecule has 0 bridgehead atoms. The van der Waals surface area contributed by atoms with Crippen LogP contribution in [0.2, 0.25) is 0 Å². The second-order valence-corrected chi connectivity index (χ2v) is 16.5. The molecule has 0 aromatic heterocycles. The van der Waals surface area contributed by atoms with Gasteiger partial charge in [0.2, 0.25) is 5.43 Å². The molecule has 2 aromatic rings. The number of quaternary nitrogens is 2. The van der Waals surface area contributed by atoms with E-state index < -0.39 is 37.8 Å². The number of phenolic OH excluding ortho intramolecular Hbond substituents is 1. The molecule has 0 radical (unpaired) electrons. The lowest BCUT2D eigenvalue weighted by Gasteiger charge is -2.32. The maximum absolute atomic E-state index is 14.6. The van der Waals surface area contributed by atoms with Gasteiger partial charge in [-0.25, -0.2) is 8.78 Å². The number of ketones is 1. The van der Waals surface area contributed by atoms with Gasteiger partial charge in [0.05, 0.1) is 63.3 Å². The third-order valence-corrected chi connectivity index (χ3v) is 10.6. The summed E-state index contributed by atoms with van der Waals surface area (Å²) in [7, 11) is 5.88. The van der Waals surface area contributed by atoms with Crippen molar-refractivity contribution >= 4 is 35.8 Å². The number of nitrogens with zero attached hydrogens (tertiary/aromatic N) is 2. The van der Waals surface area contributed by atoms with Crippen LogP contribution < -0.4 is 10.5 Å². The summed E-state index contributed by atoms with van der Waals surface area (Å²) in [6.07, 6.45) is 4.77. The van der Waals surface area contributed by atoms with E-state index in [4.69, 9.17) is 8.94 Å². The Bertz CT molecular complexity index is 2000. The Morgan fingerprint density at radius 1 is 0.882 bits per heavy atom. The molecule has 1 atom stereocenters. The molecule has 51 heavy (non-hydrogen) atoms. The van der Waals surface area contributed by atoms with Crippen LogP contribution >= 0.6 is 8.96 Å². The summed E-state index contributed by atoms with van der Waals surface area (Å²) in [5, 5.41) is 13.2. The summed E-state index contributed by atoms with van der Waals surface area (Å²) >= 11 is 0. The van der Waals surface area contributed by atoms with Gasteiger partial charge in [0.1, 0.15) is 16.2 Å². The molecule has 0 spiro atoms. The normalized spacial score (nSPS) is 12.9. The molecule has 1 aliphatic heterocycles. The smallest absolute Gasteiger partial charge is 0.295 e. The zero-order valence-electron chi connectivity index (χ0n) is 29.7. The Balaban J connectivity index is 1.44. The van der Waals surface area contributed by atoms with Crippen LogP contribution in [0, 0.1) is 11.6 Å². The predicted octanol–water partition coefficient (Wildman–Crippen LogP) is 6.22. The van der Waals surface area contributed by atoms with E-state index in [1.54, 1.807) is 7.11 Å². The summed E-state index contributed by atoms with van der Waals surface area (Å²) in [4.78, 5) is 24.7. The minimum absolute atomic E-state index is 0.0434. The highest BCUT2D eigenvalue weighted by Crippen LogP contribution is 2.44. The molecule has 2 aromatic carbocycles. The molecule has 0 fully saturated rings. The molecule has 11 nitrogen and oxygen atoms in total. The van der Waals surface area contributed by atoms with Crippen LogP contribution in [0.15, 0.2) is 56.6 Å². The SMILES string of the molecule is COPNCCC[N+](C)(C)CCCC[N+](C)(C)CCCCC(=O)c1ccc(-c2c3cc(F)c(=O)cc-3oc3cc(O)c(F)cc23)c(S(=O)(=O)O)c1. The zero-order chi connectivity index (χ0) is 37.6. The molecule has 4 rings (SSSR count). The largest absolute Gasteiger partial charge is 0.505 e. The van der Waals surface area contributed by atoms with E-state index in [1.807, 2.05) is 0 Å². The van der Waals surface area contributed by atoms with Gasteiger partial charge in [-0.05, 0) is 31.0 Å². The number of rotatable bonds is 19. The molecule has 278 valence electrons. The van der Waals surface area contributed by atoms with Gasteiger partial charge >= 0.3 is 0 Å². The fourth-order valence-electron chi connectivity index (χ4n) is 6.30. The molecule has 3 N–H and O–H groups in total. The van der Waals surface area contributed by atoms with E-state index in [0.717, 1.165) is 97.7 Å². The monoisotopic (exact) mass is 751 g/mol. The van der Waals surface area contributed by atoms with Crippen LogP contribution in [0.1, 0.15) is 48.9 Å². The van der Waals surface area contributed by atoms with Crippen molar-refractivity contribution in [2.24, 2.45) is 0 Å². The van der Waals surface area contributed by atoms with Crippen LogP contribution in [0.5, 0.6) is 5.75 Å².